The quantitative estimate of drug-likeness (QED) is 0.912. The Morgan fingerprint density at radius 1 is 1.47 bits per heavy atom. The van der Waals surface area contributed by atoms with Gasteiger partial charge >= 0.3 is 0 Å². The number of nitrogens with zero attached hydrogens (tertiary/aromatic N) is 1. The molecule has 0 radical (unpaired) electrons. The molecule has 0 fully saturated rings. The SMILES string of the molecule is CC(C)CC(N)c1nc2cc(F)cc(Cl)c2o1. The van der Waals surface area contributed by atoms with Crippen LogP contribution in [0.25, 0.3) is 11.1 Å². The third-order valence-electron chi connectivity index (χ3n) is 2.47. The molecule has 0 amide bonds. The topological polar surface area (TPSA) is 52.0 Å². The van der Waals surface area contributed by atoms with Gasteiger partial charge in [-0.15, -0.1) is 0 Å². The fourth-order valence-electron chi connectivity index (χ4n) is 1.74. The third kappa shape index (κ3) is 2.58. The Kier molecular flexibility index (Phi) is 3.35. The highest BCUT2D eigenvalue weighted by Crippen LogP contribution is 2.28. The number of fused-ring (bicyclic) bond motifs is 1. The Morgan fingerprint density at radius 3 is 2.82 bits per heavy atom. The standard InChI is InChI=1S/C12H14ClFN2O/c1-6(2)3-9(15)12-16-10-5-7(14)4-8(13)11(10)17-12/h4-6,9H,3,15H2,1-2H3. The number of hydrogen-bond donors (Lipinski definition) is 1. The molecule has 2 rings (SSSR count). The first kappa shape index (κ1) is 12.3. The van der Waals surface area contributed by atoms with Crippen LogP contribution in [-0.4, -0.2) is 4.98 Å². The average molecular weight is 257 g/mol. The number of halogens is 2. The summed E-state index contributed by atoms with van der Waals surface area (Å²) >= 11 is 5.87. The van der Waals surface area contributed by atoms with Crippen LogP contribution in [0.2, 0.25) is 5.02 Å². The highest BCUT2D eigenvalue weighted by molar-refractivity contribution is 6.34. The first-order valence-corrected chi connectivity index (χ1v) is 5.86. The van der Waals surface area contributed by atoms with Crippen LogP contribution in [0, 0.1) is 11.7 Å². The maximum atomic E-state index is 13.1. The lowest BCUT2D eigenvalue weighted by Crippen LogP contribution is -2.13. The summed E-state index contributed by atoms with van der Waals surface area (Å²) in [5, 5.41) is 0.218. The van der Waals surface area contributed by atoms with E-state index in [2.05, 4.69) is 18.8 Å². The van der Waals surface area contributed by atoms with Crippen LogP contribution in [0.5, 0.6) is 0 Å². The lowest BCUT2D eigenvalue weighted by molar-refractivity contribution is 0.417. The van der Waals surface area contributed by atoms with Crippen molar-refractivity contribution < 1.29 is 8.81 Å². The van der Waals surface area contributed by atoms with Gasteiger partial charge < -0.3 is 10.2 Å². The van der Waals surface area contributed by atoms with Crippen molar-refractivity contribution in [2.45, 2.75) is 26.3 Å². The van der Waals surface area contributed by atoms with E-state index >= 15 is 0 Å². The molecule has 17 heavy (non-hydrogen) atoms. The molecule has 1 aromatic heterocycles. The predicted molar refractivity (Wildman–Crippen MR) is 65.4 cm³/mol. The van der Waals surface area contributed by atoms with Crippen LogP contribution < -0.4 is 5.73 Å². The highest BCUT2D eigenvalue weighted by Gasteiger charge is 2.17. The monoisotopic (exact) mass is 256 g/mol. The van der Waals surface area contributed by atoms with Crippen molar-refractivity contribution in [2.24, 2.45) is 11.7 Å². The van der Waals surface area contributed by atoms with Crippen molar-refractivity contribution in [1.82, 2.24) is 4.98 Å². The average Bonchev–Trinajstić information content (AvgIpc) is 2.60. The van der Waals surface area contributed by atoms with Crippen LogP contribution in [0.3, 0.4) is 0 Å². The molecule has 0 bridgehead atoms. The van der Waals surface area contributed by atoms with E-state index in [-0.39, 0.29) is 11.1 Å². The van der Waals surface area contributed by atoms with Crippen LogP contribution in [0.4, 0.5) is 4.39 Å². The molecule has 1 unspecified atom stereocenters. The van der Waals surface area contributed by atoms with Crippen molar-refractivity contribution in [1.29, 1.82) is 0 Å². The Morgan fingerprint density at radius 2 is 2.18 bits per heavy atom. The van der Waals surface area contributed by atoms with Crippen LogP contribution in [0.15, 0.2) is 16.5 Å². The molecule has 5 heteroatoms. The number of aromatic nitrogens is 1. The van der Waals surface area contributed by atoms with Crippen LogP contribution >= 0.6 is 11.6 Å². The van der Waals surface area contributed by atoms with Gasteiger partial charge in [-0.25, -0.2) is 9.37 Å². The van der Waals surface area contributed by atoms with E-state index in [0.717, 1.165) is 6.42 Å². The molecular formula is C12H14ClFN2O. The van der Waals surface area contributed by atoms with Gasteiger partial charge in [-0.05, 0) is 18.4 Å². The van der Waals surface area contributed by atoms with Crippen molar-refractivity contribution in [3.8, 4) is 0 Å². The van der Waals surface area contributed by atoms with E-state index in [9.17, 15) is 4.39 Å². The van der Waals surface area contributed by atoms with Crippen LogP contribution in [0.1, 0.15) is 32.2 Å². The predicted octanol–water partition coefficient (Wildman–Crippen LogP) is 3.67. The summed E-state index contributed by atoms with van der Waals surface area (Å²) in [5.74, 6) is 0.410. The van der Waals surface area contributed by atoms with E-state index in [1.165, 1.54) is 12.1 Å². The molecule has 2 N–H and O–H groups in total. The largest absolute Gasteiger partial charge is 0.437 e. The third-order valence-corrected chi connectivity index (χ3v) is 2.75. The molecule has 0 aliphatic heterocycles. The molecule has 3 nitrogen and oxygen atoms in total. The summed E-state index contributed by atoms with van der Waals surface area (Å²) in [6.45, 7) is 4.13. The van der Waals surface area contributed by atoms with Gasteiger partial charge in [-0.3, -0.25) is 0 Å². The fraction of sp³-hybridized carbons (Fsp3) is 0.417. The summed E-state index contributed by atoms with van der Waals surface area (Å²) in [5.41, 5.74) is 6.75. The van der Waals surface area contributed by atoms with Gasteiger partial charge in [-0.2, -0.15) is 0 Å². The van der Waals surface area contributed by atoms with E-state index in [1.807, 2.05) is 0 Å². The van der Waals surface area contributed by atoms with E-state index in [4.69, 9.17) is 21.8 Å². The second-order valence-electron chi connectivity index (χ2n) is 4.52. The zero-order chi connectivity index (χ0) is 12.6. The van der Waals surface area contributed by atoms with Gasteiger partial charge in [0.15, 0.2) is 5.58 Å². The number of hydrogen-bond acceptors (Lipinski definition) is 3. The van der Waals surface area contributed by atoms with E-state index in [0.29, 0.717) is 22.9 Å². The number of oxazole rings is 1. The van der Waals surface area contributed by atoms with Crippen molar-refractivity contribution >= 4 is 22.7 Å². The Bertz CT molecular complexity index is 539. The van der Waals surface area contributed by atoms with E-state index in [1.54, 1.807) is 0 Å². The summed E-state index contributed by atoms with van der Waals surface area (Å²) < 4.78 is 18.6. The Hall–Kier alpha value is -1.13. The molecule has 1 aromatic carbocycles. The van der Waals surface area contributed by atoms with Gasteiger partial charge in [0, 0.05) is 6.07 Å². The number of benzene rings is 1. The molecule has 2 aromatic rings. The lowest BCUT2D eigenvalue weighted by atomic mass is 10.0. The summed E-state index contributed by atoms with van der Waals surface area (Å²) in [6.07, 6.45) is 0.757. The van der Waals surface area contributed by atoms with Crippen molar-refractivity contribution in [2.75, 3.05) is 0 Å². The van der Waals surface area contributed by atoms with Gasteiger partial charge in [0.2, 0.25) is 5.89 Å². The molecule has 1 atom stereocenters. The summed E-state index contributed by atoms with van der Waals surface area (Å²) in [4.78, 5) is 4.17. The number of rotatable bonds is 3. The van der Waals surface area contributed by atoms with Crippen molar-refractivity contribution in [3.63, 3.8) is 0 Å². The van der Waals surface area contributed by atoms with Gasteiger partial charge in [0.05, 0.1) is 11.1 Å². The Balaban J connectivity index is 2.41. The molecular weight excluding hydrogens is 243 g/mol. The first-order chi connectivity index (χ1) is 7.97. The van der Waals surface area contributed by atoms with Gasteiger partial charge in [0.25, 0.3) is 0 Å². The zero-order valence-electron chi connectivity index (χ0n) is 9.71. The maximum Gasteiger partial charge on any atom is 0.212 e. The molecule has 0 aliphatic carbocycles. The minimum Gasteiger partial charge on any atom is -0.437 e. The lowest BCUT2D eigenvalue weighted by Gasteiger charge is -2.09. The molecule has 0 aliphatic rings. The van der Waals surface area contributed by atoms with Gasteiger partial charge in [0.1, 0.15) is 11.3 Å². The maximum absolute atomic E-state index is 13.1. The summed E-state index contributed by atoms with van der Waals surface area (Å²) in [7, 11) is 0. The minimum absolute atomic E-state index is 0.218. The molecule has 0 saturated carbocycles. The van der Waals surface area contributed by atoms with Gasteiger partial charge in [-0.1, -0.05) is 25.4 Å². The highest BCUT2D eigenvalue weighted by atomic mass is 35.5. The normalized spacial score (nSPS) is 13.5. The molecule has 92 valence electrons. The minimum atomic E-state index is -0.431. The van der Waals surface area contributed by atoms with Crippen LogP contribution in [-0.2, 0) is 0 Å². The second kappa shape index (κ2) is 4.63. The molecule has 0 saturated heterocycles. The summed E-state index contributed by atoms with van der Waals surface area (Å²) in [6, 6.07) is 2.20. The molecule has 1 heterocycles. The Labute approximate surface area is 104 Å². The fourth-order valence-corrected chi connectivity index (χ4v) is 1.98. The number of nitrogens with two attached hydrogens (primary N) is 1. The van der Waals surface area contributed by atoms with Crippen molar-refractivity contribution in [3.05, 3.63) is 28.9 Å². The smallest absolute Gasteiger partial charge is 0.212 e. The second-order valence-corrected chi connectivity index (χ2v) is 4.93. The zero-order valence-corrected chi connectivity index (χ0v) is 10.5. The first-order valence-electron chi connectivity index (χ1n) is 5.48. The molecule has 0 spiro atoms. The van der Waals surface area contributed by atoms with E-state index < -0.39 is 5.82 Å².